The number of tetrazole rings is 1. The van der Waals surface area contributed by atoms with Gasteiger partial charge < -0.3 is 4.57 Å². The molecule has 0 saturated heterocycles. The number of hydrogen-bond donors (Lipinski definition) is 1. The fourth-order valence-corrected chi connectivity index (χ4v) is 4.56. The minimum atomic E-state index is 0.605. The zero-order chi connectivity index (χ0) is 20.3. The molecule has 1 N–H and O–H groups in total. The molecule has 0 fully saturated rings. The molecule has 5 aromatic rings. The SMILES string of the molecule is CCCCc1nc2cscc2n1Cc1ccc(-c2ccccc2)c(-c2nn[nH]n2)c1. The van der Waals surface area contributed by atoms with Gasteiger partial charge in [-0.25, -0.2) is 4.98 Å². The molecule has 150 valence electrons. The summed E-state index contributed by atoms with van der Waals surface area (Å²) in [7, 11) is 0. The van der Waals surface area contributed by atoms with E-state index in [-0.39, 0.29) is 0 Å². The van der Waals surface area contributed by atoms with Gasteiger partial charge in [0.2, 0.25) is 5.82 Å². The van der Waals surface area contributed by atoms with Crippen molar-refractivity contribution in [2.75, 3.05) is 0 Å². The first-order valence-corrected chi connectivity index (χ1v) is 11.1. The Morgan fingerprint density at radius 3 is 2.73 bits per heavy atom. The van der Waals surface area contributed by atoms with Gasteiger partial charge in [-0.1, -0.05) is 55.8 Å². The molecule has 0 bridgehead atoms. The van der Waals surface area contributed by atoms with Gasteiger partial charge in [0.15, 0.2) is 0 Å². The van der Waals surface area contributed by atoms with E-state index < -0.39 is 0 Å². The fourth-order valence-electron chi connectivity index (χ4n) is 3.81. The van der Waals surface area contributed by atoms with Gasteiger partial charge in [-0.05, 0) is 34.4 Å². The summed E-state index contributed by atoms with van der Waals surface area (Å²) < 4.78 is 2.35. The minimum Gasteiger partial charge on any atom is -0.323 e. The highest BCUT2D eigenvalue weighted by molar-refractivity contribution is 7.09. The normalized spacial score (nSPS) is 11.4. The Morgan fingerprint density at radius 1 is 1.03 bits per heavy atom. The van der Waals surface area contributed by atoms with Crippen molar-refractivity contribution in [3.8, 4) is 22.5 Å². The topological polar surface area (TPSA) is 72.3 Å². The van der Waals surface area contributed by atoms with Gasteiger partial charge in [0, 0.05) is 29.3 Å². The van der Waals surface area contributed by atoms with E-state index in [1.807, 2.05) is 18.2 Å². The number of aromatic nitrogens is 6. The first kappa shape index (κ1) is 18.7. The monoisotopic (exact) mass is 414 g/mol. The number of hydrogen-bond acceptors (Lipinski definition) is 5. The molecule has 3 heterocycles. The molecule has 6 nitrogen and oxygen atoms in total. The maximum Gasteiger partial charge on any atom is 0.205 e. The van der Waals surface area contributed by atoms with Crippen LogP contribution < -0.4 is 0 Å². The second-order valence-electron chi connectivity index (χ2n) is 7.34. The molecule has 2 aromatic carbocycles. The Morgan fingerprint density at radius 2 is 1.93 bits per heavy atom. The van der Waals surface area contributed by atoms with Crippen LogP contribution >= 0.6 is 11.3 Å². The Kier molecular flexibility index (Phi) is 5.11. The van der Waals surface area contributed by atoms with Gasteiger partial charge in [-0.15, -0.1) is 21.5 Å². The molecule has 0 aliphatic rings. The van der Waals surface area contributed by atoms with Crippen LogP contribution in [-0.4, -0.2) is 30.2 Å². The lowest BCUT2D eigenvalue weighted by Gasteiger charge is -2.12. The first-order valence-electron chi connectivity index (χ1n) is 10.2. The number of aryl methyl sites for hydroxylation is 1. The molecule has 5 rings (SSSR count). The van der Waals surface area contributed by atoms with Gasteiger partial charge in [0.05, 0.1) is 11.0 Å². The molecule has 0 spiro atoms. The molecule has 0 unspecified atom stereocenters. The van der Waals surface area contributed by atoms with Crippen molar-refractivity contribution in [2.45, 2.75) is 32.7 Å². The van der Waals surface area contributed by atoms with E-state index in [2.05, 4.69) is 73.2 Å². The van der Waals surface area contributed by atoms with Gasteiger partial charge in [0.25, 0.3) is 0 Å². The summed E-state index contributed by atoms with van der Waals surface area (Å²) >= 11 is 1.70. The summed E-state index contributed by atoms with van der Waals surface area (Å²) in [6.45, 7) is 2.99. The Balaban J connectivity index is 1.57. The largest absolute Gasteiger partial charge is 0.323 e. The summed E-state index contributed by atoms with van der Waals surface area (Å²) in [5.41, 5.74) is 6.69. The van der Waals surface area contributed by atoms with Crippen LogP contribution in [-0.2, 0) is 13.0 Å². The van der Waals surface area contributed by atoms with Gasteiger partial charge in [0.1, 0.15) is 5.82 Å². The number of benzene rings is 2. The molecule has 0 atom stereocenters. The molecular formula is C23H22N6S. The predicted molar refractivity (Wildman–Crippen MR) is 120 cm³/mol. The summed E-state index contributed by atoms with van der Waals surface area (Å²) in [5.74, 6) is 1.76. The maximum atomic E-state index is 4.88. The zero-order valence-electron chi connectivity index (χ0n) is 16.7. The van der Waals surface area contributed by atoms with E-state index in [0.717, 1.165) is 53.8 Å². The summed E-state index contributed by atoms with van der Waals surface area (Å²) in [4.78, 5) is 4.88. The number of rotatable bonds is 7. The van der Waals surface area contributed by atoms with Crippen molar-refractivity contribution in [1.29, 1.82) is 0 Å². The van der Waals surface area contributed by atoms with E-state index in [1.54, 1.807) is 11.3 Å². The van der Waals surface area contributed by atoms with Crippen molar-refractivity contribution in [3.05, 3.63) is 70.7 Å². The minimum absolute atomic E-state index is 0.605. The van der Waals surface area contributed by atoms with Gasteiger partial charge in [-0.2, -0.15) is 5.21 Å². The summed E-state index contributed by atoms with van der Waals surface area (Å²) in [5, 5.41) is 19.2. The first-order chi connectivity index (χ1) is 14.8. The van der Waals surface area contributed by atoms with Crippen molar-refractivity contribution in [3.63, 3.8) is 0 Å². The van der Waals surface area contributed by atoms with Gasteiger partial charge in [-0.3, -0.25) is 0 Å². The van der Waals surface area contributed by atoms with E-state index in [0.29, 0.717) is 5.82 Å². The highest BCUT2D eigenvalue weighted by Crippen LogP contribution is 2.31. The third-order valence-electron chi connectivity index (χ3n) is 5.32. The lowest BCUT2D eigenvalue weighted by Crippen LogP contribution is -2.06. The molecule has 0 aliphatic carbocycles. The standard InChI is InChI=1S/C23H22N6S/c1-2-3-9-22-24-20-14-30-15-21(20)29(22)13-16-10-11-18(17-7-5-4-6-8-17)19(12-16)23-25-27-28-26-23/h4-8,10-12,14-15H,2-3,9,13H2,1H3,(H,25,26,27,28). The highest BCUT2D eigenvalue weighted by Gasteiger charge is 2.15. The number of aromatic amines is 1. The quantitative estimate of drug-likeness (QED) is 0.390. The lowest BCUT2D eigenvalue weighted by molar-refractivity contribution is 0.690. The lowest BCUT2D eigenvalue weighted by atomic mass is 9.97. The number of thiophene rings is 1. The number of nitrogens with zero attached hydrogens (tertiary/aromatic N) is 5. The molecule has 3 aromatic heterocycles. The van der Waals surface area contributed by atoms with E-state index in [1.165, 1.54) is 11.1 Å². The van der Waals surface area contributed by atoms with Crippen molar-refractivity contribution < 1.29 is 0 Å². The summed E-state index contributed by atoms with van der Waals surface area (Å²) in [6, 6.07) is 16.8. The molecule has 30 heavy (non-hydrogen) atoms. The van der Waals surface area contributed by atoms with E-state index >= 15 is 0 Å². The second-order valence-corrected chi connectivity index (χ2v) is 8.08. The molecular weight excluding hydrogens is 392 g/mol. The third-order valence-corrected chi connectivity index (χ3v) is 6.04. The van der Waals surface area contributed by atoms with Crippen LogP contribution in [0.2, 0.25) is 0 Å². The van der Waals surface area contributed by atoms with Crippen LogP contribution in [0.1, 0.15) is 31.2 Å². The second kappa shape index (κ2) is 8.20. The number of imidazole rings is 1. The summed E-state index contributed by atoms with van der Waals surface area (Å²) in [6.07, 6.45) is 3.30. The van der Waals surface area contributed by atoms with Gasteiger partial charge >= 0.3 is 0 Å². The van der Waals surface area contributed by atoms with Crippen molar-refractivity contribution >= 4 is 22.4 Å². The molecule has 0 radical (unpaired) electrons. The van der Waals surface area contributed by atoms with Crippen LogP contribution in [0.15, 0.2) is 59.3 Å². The number of fused-ring (bicyclic) bond motifs is 1. The van der Waals surface area contributed by atoms with E-state index in [9.17, 15) is 0 Å². The molecule has 7 heteroatoms. The third kappa shape index (κ3) is 3.52. The Bertz CT molecular complexity index is 1250. The van der Waals surface area contributed by atoms with Crippen LogP contribution in [0.5, 0.6) is 0 Å². The molecule has 0 amide bonds. The van der Waals surface area contributed by atoms with E-state index in [4.69, 9.17) is 4.98 Å². The predicted octanol–water partition coefficient (Wildman–Crippen LogP) is 5.34. The van der Waals surface area contributed by atoms with Crippen molar-refractivity contribution in [2.24, 2.45) is 0 Å². The number of H-pyrrole nitrogens is 1. The number of nitrogens with one attached hydrogen (secondary N) is 1. The zero-order valence-corrected chi connectivity index (χ0v) is 17.6. The van der Waals surface area contributed by atoms with Crippen LogP contribution in [0, 0.1) is 0 Å². The average molecular weight is 415 g/mol. The average Bonchev–Trinajstić information content (AvgIpc) is 3.52. The Hall–Kier alpha value is -3.32. The highest BCUT2D eigenvalue weighted by atomic mass is 32.1. The molecule has 0 saturated carbocycles. The van der Waals surface area contributed by atoms with Crippen LogP contribution in [0.4, 0.5) is 0 Å². The Labute approximate surface area is 178 Å². The number of unbranched alkanes of at least 4 members (excludes halogenated alkanes) is 1. The maximum absolute atomic E-state index is 4.88. The molecule has 0 aliphatic heterocycles. The van der Waals surface area contributed by atoms with Crippen LogP contribution in [0.3, 0.4) is 0 Å². The van der Waals surface area contributed by atoms with Crippen molar-refractivity contribution in [1.82, 2.24) is 30.2 Å². The smallest absolute Gasteiger partial charge is 0.205 e. The fraction of sp³-hybridized carbons (Fsp3) is 0.217. The van der Waals surface area contributed by atoms with Crippen LogP contribution in [0.25, 0.3) is 33.5 Å².